The number of benzene rings is 1. The van der Waals surface area contributed by atoms with Gasteiger partial charge in [0.25, 0.3) is 5.91 Å². The molecule has 0 heterocycles. The molecule has 0 unspecified atom stereocenters. The SMILES string of the molecule is C[C@H](NC(=O)[C@@H]([NH3+])Cc1ccc(O)cc1)C(=O)NCC(=O)N[C@@H](COP(=O)([O-])[O-])C(=O)N[C@H](C(=O)N[C@@H](CC(=O)[O-])C(=O)N[C@@H](CCC(=O)[O-])C(=O)N[C@H](C=O)CC(N)=O)[C@@H](C)OP(=O)([O-])[O-]. The molecule has 67 heavy (non-hydrogen) atoms. The fourth-order valence-corrected chi connectivity index (χ4v) is 6.17. The maximum absolute atomic E-state index is 13.6. The lowest BCUT2D eigenvalue weighted by Crippen LogP contribution is -2.69. The van der Waals surface area contributed by atoms with Crippen LogP contribution < -0.4 is 78.5 Å². The zero-order valence-electron chi connectivity index (χ0n) is 35.2. The molecule has 8 amide bonds. The van der Waals surface area contributed by atoms with E-state index in [2.05, 4.69) is 25.4 Å². The molecule has 0 aliphatic heterocycles. The Morgan fingerprint density at radius 2 is 1.30 bits per heavy atom. The summed E-state index contributed by atoms with van der Waals surface area (Å²) in [6.07, 6.45) is -6.24. The van der Waals surface area contributed by atoms with Crippen LogP contribution >= 0.6 is 15.6 Å². The zero-order chi connectivity index (χ0) is 51.4. The number of carboxylic acids is 2. The summed E-state index contributed by atoms with van der Waals surface area (Å²) in [5, 5.41) is 45.7. The summed E-state index contributed by atoms with van der Waals surface area (Å²) in [6.45, 7) is -0.761. The molecule has 1 aromatic rings. The number of phosphoric acid groups is 2. The number of aldehydes is 1. The number of carbonyl (C=O) groups is 11. The van der Waals surface area contributed by atoms with Crippen LogP contribution in [0.5, 0.6) is 5.75 Å². The van der Waals surface area contributed by atoms with Gasteiger partial charge in [-0.3, -0.25) is 38.4 Å². The Hall–Kier alpha value is -6.43. The highest BCUT2D eigenvalue weighted by molar-refractivity contribution is 7.43. The maximum atomic E-state index is 13.6. The zero-order valence-corrected chi connectivity index (χ0v) is 36.9. The summed E-state index contributed by atoms with van der Waals surface area (Å²) in [4.78, 5) is 182. The average Bonchev–Trinajstić information content (AvgIpc) is 3.20. The minimum atomic E-state index is -6.10. The molecule has 31 nitrogen and oxygen atoms in total. The van der Waals surface area contributed by atoms with Crippen molar-refractivity contribution in [3.63, 3.8) is 0 Å². The summed E-state index contributed by atoms with van der Waals surface area (Å²) in [5.74, 6) is -14.6. The monoisotopic (exact) mass is 994 g/mol. The predicted octanol–water partition coefficient (Wildman–Crippen LogP) is -12.6. The van der Waals surface area contributed by atoms with Crippen LogP contribution in [0.3, 0.4) is 0 Å². The molecule has 1 rings (SSSR count). The number of phosphoric ester groups is 2. The van der Waals surface area contributed by atoms with Crippen molar-refractivity contribution >= 4 is 81.1 Å². The van der Waals surface area contributed by atoms with E-state index in [4.69, 9.17) is 5.73 Å². The highest BCUT2D eigenvalue weighted by Gasteiger charge is 2.36. The molecule has 0 aliphatic carbocycles. The van der Waals surface area contributed by atoms with Crippen LogP contribution in [0.25, 0.3) is 0 Å². The number of amides is 8. The van der Waals surface area contributed by atoms with Gasteiger partial charge >= 0.3 is 0 Å². The van der Waals surface area contributed by atoms with Crippen LogP contribution in [-0.4, -0.2) is 132 Å². The van der Waals surface area contributed by atoms with Crippen molar-refractivity contribution in [1.82, 2.24) is 37.2 Å². The van der Waals surface area contributed by atoms with Crippen molar-refractivity contribution < 1.29 is 112 Å². The Kier molecular flexibility index (Phi) is 23.8. The smallest absolute Gasteiger partial charge is 0.279 e. The number of carbonyl (C=O) groups excluding carboxylic acids is 11. The number of rotatable bonds is 30. The molecular formula is C34H46N9O22P2-5. The van der Waals surface area contributed by atoms with Crippen molar-refractivity contribution in [2.75, 3.05) is 13.2 Å². The molecule has 0 bridgehead atoms. The van der Waals surface area contributed by atoms with Crippen LogP contribution in [0.15, 0.2) is 24.3 Å². The van der Waals surface area contributed by atoms with Gasteiger partial charge in [0.05, 0.1) is 47.4 Å². The first-order valence-corrected chi connectivity index (χ1v) is 22.0. The number of nitrogens with one attached hydrogen (secondary N) is 7. The van der Waals surface area contributed by atoms with E-state index in [1.165, 1.54) is 31.2 Å². The third kappa shape index (κ3) is 24.1. The van der Waals surface area contributed by atoms with Crippen LogP contribution in [0.4, 0.5) is 0 Å². The third-order valence-electron chi connectivity index (χ3n) is 8.55. The van der Waals surface area contributed by atoms with Gasteiger partial charge in [0.1, 0.15) is 42.2 Å². The second-order valence-electron chi connectivity index (χ2n) is 14.2. The number of hydrogen-bond acceptors (Lipinski definition) is 22. The molecule has 0 aliphatic rings. The first kappa shape index (κ1) is 58.6. The van der Waals surface area contributed by atoms with Crippen molar-refractivity contribution in [1.29, 1.82) is 0 Å². The number of hydrogen-bond donors (Lipinski definition) is 10. The highest BCUT2D eigenvalue weighted by Crippen LogP contribution is 2.28. The lowest BCUT2D eigenvalue weighted by Gasteiger charge is -2.36. The van der Waals surface area contributed by atoms with E-state index in [0.29, 0.717) is 12.5 Å². The van der Waals surface area contributed by atoms with Crippen molar-refractivity contribution in [2.45, 2.75) is 94.3 Å². The van der Waals surface area contributed by atoms with Crippen LogP contribution in [0, 0.1) is 0 Å². The molecule has 1 aromatic carbocycles. The molecule has 8 atom stereocenters. The van der Waals surface area contributed by atoms with Crippen molar-refractivity contribution in [3.05, 3.63) is 29.8 Å². The van der Waals surface area contributed by atoms with E-state index < -0.39 is 162 Å². The Bertz CT molecular complexity index is 2080. The van der Waals surface area contributed by atoms with Gasteiger partial charge in [-0.15, -0.1) is 0 Å². The van der Waals surface area contributed by atoms with Crippen molar-refractivity contribution in [2.24, 2.45) is 5.73 Å². The Morgan fingerprint density at radius 3 is 1.82 bits per heavy atom. The standard InChI is InChI=1S/C34H51N9O22P2/c1-15(38-30(53)20(35)9-17-3-5-19(45)6-4-17)29(52)37-12-25(47)40-23(14-64-66(58,59)60)33(56)43-28(16(2)65-67(61,62)63)34(57)42-22(11-27(50)51)32(55)41-21(7-8-26(48)49)31(54)39-18(13-44)10-24(36)46/h3-6,13,15-16,18,20-23,28,45H,7-12,14,35H2,1-2H3,(H2,36,46)(H,37,52)(H,38,53)(H,39,54)(H,40,47)(H,41,55)(H,42,57)(H,43,56)(H,48,49)(H,50,51)(H2,58,59,60)(H2,61,62,63)/p-5/t15-,16+,18-,20-,21-,22-,23-,28-/m0/s1. The maximum Gasteiger partial charge on any atom is 0.279 e. The quantitative estimate of drug-likeness (QED) is 0.0253. The summed E-state index contributed by atoms with van der Waals surface area (Å²) >= 11 is 0. The van der Waals surface area contributed by atoms with E-state index in [1.54, 1.807) is 10.6 Å². The van der Waals surface area contributed by atoms with Crippen LogP contribution in [0.1, 0.15) is 45.1 Å². The van der Waals surface area contributed by atoms with E-state index in [-0.39, 0.29) is 18.5 Å². The van der Waals surface area contributed by atoms with E-state index in [1.807, 2.05) is 16.0 Å². The van der Waals surface area contributed by atoms with Crippen LogP contribution in [-0.2, 0) is 77.3 Å². The van der Waals surface area contributed by atoms with Gasteiger partial charge in [-0.25, -0.2) is 0 Å². The number of aliphatic carboxylic acids is 2. The number of nitrogens with two attached hydrogens (primary N) is 1. The topological polar surface area (TPSA) is 537 Å². The van der Waals surface area contributed by atoms with Gasteiger partial charge in [0.2, 0.25) is 41.4 Å². The number of primary amides is 1. The predicted molar refractivity (Wildman–Crippen MR) is 204 cm³/mol. The number of phenols is 1. The normalized spacial score (nSPS) is 15.0. The molecule has 33 heteroatoms. The molecule has 374 valence electrons. The van der Waals surface area contributed by atoms with Gasteiger partial charge in [0.15, 0.2) is 6.04 Å². The molecule has 0 fully saturated rings. The summed E-state index contributed by atoms with van der Waals surface area (Å²) in [6, 6.07) is -7.38. The summed E-state index contributed by atoms with van der Waals surface area (Å²) in [7, 11) is -12.1. The fraction of sp³-hybridized carbons (Fsp3) is 0.500. The second-order valence-corrected chi connectivity index (χ2v) is 16.4. The second kappa shape index (κ2) is 27.3. The first-order chi connectivity index (χ1) is 30.9. The van der Waals surface area contributed by atoms with Gasteiger partial charge < -0.3 is 116 Å². The average molecular weight is 995 g/mol. The summed E-state index contributed by atoms with van der Waals surface area (Å²) in [5.41, 5.74) is 9.31. The Labute approximate surface area is 378 Å². The largest absolute Gasteiger partial charge is 0.790 e. The van der Waals surface area contributed by atoms with E-state index in [9.17, 15) is 96.8 Å². The van der Waals surface area contributed by atoms with E-state index >= 15 is 0 Å². The number of phenolic OH excluding ortho intramolecular Hbond substituents is 1. The minimum Gasteiger partial charge on any atom is -0.790 e. The number of quaternary nitrogens is 1. The molecule has 0 spiro atoms. The molecule has 0 saturated heterocycles. The number of carboxylic acid groups (broad SMARTS) is 2. The molecule has 0 radical (unpaired) electrons. The molecular weight excluding hydrogens is 948 g/mol. The summed E-state index contributed by atoms with van der Waals surface area (Å²) < 4.78 is 31.1. The highest BCUT2D eigenvalue weighted by atomic mass is 31.2. The van der Waals surface area contributed by atoms with Crippen molar-refractivity contribution in [3.8, 4) is 5.75 Å². The lowest BCUT2D eigenvalue weighted by molar-refractivity contribution is -0.403. The molecule has 0 saturated carbocycles. The Morgan fingerprint density at radius 1 is 0.731 bits per heavy atom. The first-order valence-electron chi connectivity index (χ1n) is 19.1. The molecule has 0 aromatic heterocycles. The Balaban J connectivity index is 3.33. The molecule has 13 N–H and O–H groups in total. The van der Waals surface area contributed by atoms with Gasteiger partial charge in [-0.05, 0) is 44.4 Å². The third-order valence-corrected chi connectivity index (χ3v) is 9.60. The van der Waals surface area contributed by atoms with Gasteiger partial charge in [-0.1, -0.05) is 12.1 Å². The van der Waals surface area contributed by atoms with E-state index in [0.717, 1.165) is 0 Å². The van der Waals surface area contributed by atoms with Gasteiger partial charge in [0, 0.05) is 24.8 Å². The number of aromatic hydroxyl groups is 1. The van der Waals surface area contributed by atoms with Crippen LogP contribution in [0.2, 0.25) is 0 Å². The fourth-order valence-electron chi connectivity index (χ4n) is 5.31. The lowest BCUT2D eigenvalue weighted by atomic mass is 10.1. The minimum absolute atomic E-state index is 0.0281. The van der Waals surface area contributed by atoms with Gasteiger partial charge in [-0.2, -0.15) is 0 Å².